The van der Waals surface area contributed by atoms with Gasteiger partial charge < -0.3 is 4.74 Å². The molecule has 1 unspecified atom stereocenters. The first-order chi connectivity index (χ1) is 18.4. The third kappa shape index (κ3) is 4.15. The first kappa shape index (κ1) is 24.3. The third-order valence-electron chi connectivity index (χ3n) is 6.86. The number of hydrogen-bond donors (Lipinski definition) is 0. The number of ether oxygens (including phenoxy) is 1. The second kappa shape index (κ2) is 9.70. The number of hydrogen-bond acceptors (Lipinski definition) is 6. The van der Waals surface area contributed by atoms with Crippen LogP contribution in [0.1, 0.15) is 41.6 Å². The lowest BCUT2D eigenvalue weighted by molar-refractivity contribution is -0.384. The van der Waals surface area contributed by atoms with Gasteiger partial charge in [-0.15, -0.1) is 0 Å². The van der Waals surface area contributed by atoms with Gasteiger partial charge in [-0.3, -0.25) is 19.5 Å². The SMILES string of the molecule is CCOc1ccc(C2C3=C(N=c4sc(=Cc5cc([N+](=O)[O-])ccc5Cl)c(=O)n42)c2ccccc2CC3)cc1. The fourth-order valence-electron chi connectivity index (χ4n) is 5.13. The van der Waals surface area contributed by atoms with Gasteiger partial charge in [-0.05, 0) is 60.7 Å². The zero-order valence-electron chi connectivity index (χ0n) is 20.4. The van der Waals surface area contributed by atoms with Crippen LogP contribution in [0.3, 0.4) is 0 Å². The molecule has 0 spiro atoms. The summed E-state index contributed by atoms with van der Waals surface area (Å²) in [6.07, 6.45) is 3.27. The monoisotopic (exact) mass is 543 g/mol. The highest BCUT2D eigenvalue weighted by atomic mass is 35.5. The molecule has 7 nitrogen and oxygen atoms in total. The Labute approximate surface area is 226 Å². The zero-order valence-corrected chi connectivity index (χ0v) is 22.0. The minimum atomic E-state index is -0.479. The average molecular weight is 544 g/mol. The topological polar surface area (TPSA) is 86.7 Å². The Kier molecular flexibility index (Phi) is 6.21. The van der Waals surface area contributed by atoms with E-state index in [0.717, 1.165) is 41.0 Å². The summed E-state index contributed by atoms with van der Waals surface area (Å²) in [7, 11) is 0. The largest absolute Gasteiger partial charge is 0.494 e. The van der Waals surface area contributed by atoms with Gasteiger partial charge in [0.1, 0.15) is 5.75 Å². The lowest BCUT2D eigenvalue weighted by atomic mass is 9.83. The van der Waals surface area contributed by atoms with Crippen LogP contribution in [0.4, 0.5) is 5.69 Å². The molecule has 3 aromatic carbocycles. The van der Waals surface area contributed by atoms with E-state index >= 15 is 0 Å². The second-order valence-corrected chi connectivity index (χ2v) is 10.5. The summed E-state index contributed by atoms with van der Waals surface area (Å²) in [5.41, 5.74) is 5.42. The Morgan fingerprint density at radius 3 is 2.71 bits per heavy atom. The number of thiazole rings is 1. The number of rotatable bonds is 5. The molecule has 38 heavy (non-hydrogen) atoms. The lowest BCUT2D eigenvalue weighted by Crippen LogP contribution is -2.38. The van der Waals surface area contributed by atoms with Crippen molar-refractivity contribution in [3.8, 4) is 5.75 Å². The van der Waals surface area contributed by atoms with E-state index in [2.05, 4.69) is 12.1 Å². The molecule has 2 aliphatic rings. The first-order valence-corrected chi connectivity index (χ1v) is 13.4. The van der Waals surface area contributed by atoms with E-state index in [1.54, 1.807) is 10.6 Å². The highest BCUT2D eigenvalue weighted by molar-refractivity contribution is 7.07. The number of nitro benzene ring substituents is 1. The summed E-state index contributed by atoms with van der Waals surface area (Å²) in [4.78, 5) is 30.3. The molecular weight excluding hydrogens is 522 g/mol. The molecule has 1 aliphatic heterocycles. The molecule has 190 valence electrons. The molecule has 9 heteroatoms. The Balaban J connectivity index is 1.58. The predicted octanol–water partition coefficient (Wildman–Crippen LogP) is 5.28. The standard InChI is InChI=1S/C29H22ClN3O4S/c1-2-37-21-11-7-18(8-12-21)27-23-13-9-17-5-3-4-6-22(17)26(23)31-29-32(27)28(34)25(38-29)16-19-15-20(33(35)36)10-14-24(19)30/h3-8,10-12,14-16,27H,2,9,13H2,1H3. The summed E-state index contributed by atoms with van der Waals surface area (Å²) < 4.78 is 7.79. The summed E-state index contributed by atoms with van der Waals surface area (Å²) >= 11 is 7.61. The number of aromatic nitrogens is 1. The number of benzene rings is 3. The van der Waals surface area contributed by atoms with E-state index in [1.807, 2.05) is 43.3 Å². The van der Waals surface area contributed by atoms with Crippen LogP contribution < -0.4 is 19.6 Å². The normalized spacial score (nSPS) is 16.4. The van der Waals surface area contributed by atoms with Gasteiger partial charge >= 0.3 is 0 Å². The van der Waals surface area contributed by atoms with Crippen molar-refractivity contribution < 1.29 is 9.66 Å². The molecule has 0 saturated heterocycles. The van der Waals surface area contributed by atoms with Crippen molar-refractivity contribution >= 4 is 40.4 Å². The number of aryl methyl sites for hydroxylation is 1. The lowest BCUT2D eigenvalue weighted by Gasteiger charge is -2.30. The number of allylic oxidation sites excluding steroid dienone is 1. The van der Waals surface area contributed by atoms with Gasteiger partial charge in [-0.25, -0.2) is 4.99 Å². The van der Waals surface area contributed by atoms with Crippen LogP contribution in [0.2, 0.25) is 5.02 Å². The Morgan fingerprint density at radius 1 is 1.16 bits per heavy atom. The van der Waals surface area contributed by atoms with E-state index in [-0.39, 0.29) is 17.3 Å². The molecule has 4 aromatic rings. The van der Waals surface area contributed by atoms with Crippen molar-refractivity contribution in [3.63, 3.8) is 0 Å². The maximum Gasteiger partial charge on any atom is 0.271 e. The number of nitro groups is 1. The van der Waals surface area contributed by atoms with Gasteiger partial charge in [0, 0.05) is 28.3 Å². The summed E-state index contributed by atoms with van der Waals surface area (Å²) in [6.45, 7) is 2.51. The first-order valence-electron chi connectivity index (χ1n) is 12.2. The molecule has 1 aliphatic carbocycles. The van der Waals surface area contributed by atoms with Gasteiger partial charge in [-0.1, -0.05) is 59.3 Å². The van der Waals surface area contributed by atoms with Gasteiger partial charge in [-0.2, -0.15) is 0 Å². The van der Waals surface area contributed by atoms with E-state index < -0.39 is 4.92 Å². The molecule has 1 aromatic heterocycles. The molecule has 0 fully saturated rings. The fourth-order valence-corrected chi connectivity index (χ4v) is 6.30. The van der Waals surface area contributed by atoms with Crippen molar-refractivity contribution in [2.24, 2.45) is 4.99 Å². The van der Waals surface area contributed by atoms with Crippen molar-refractivity contribution in [2.45, 2.75) is 25.8 Å². The number of fused-ring (bicyclic) bond motifs is 3. The second-order valence-electron chi connectivity index (χ2n) is 9.08. The minimum absolute atomic E-state index is 0.0900. The van der Waals surface area contributed by atoms with Crippen molar-refractivity contribution in [3.05, 3.63) is 129 Å². The molecule has 0 radical (unpaired) electrons. The average Bonchev–Trinajstić information content (AvgIpc) is 3.23. The molecule has 6 rings (SSSR count). The van der Waals surface area contributed by atoms with Crippen LogP contribution in [0.25, 0.3) is 11.8 Å². The summed E-state index contributed by atoms with van der Waals surface area (Å²) in [5.74, 6) is 0.771. The van der Waals surface area contributed by atoms with Gasteiger partial charge in [0.25, 0.3) is 11.2 Å². The van der Waals surface area contributed by atoms with Crippen LogP contribution in [0.15, 0.2) is 82.1 Å². The highest BCUT2D eigenvalue weighted by Gasteiger charge is 2.32. The molecule has 2 heterocycles. The Morgan fingerprint density at radius 2 is 1.95 bits per heavy atom. The summed E-state index contributed by atoms with van der Waals surface area (Å²) in [5, 5.41) is 11.6. The van der Waals surface area contributed by atoms with E-state index in [4.69, 9.17) is 21.3 Å². The third-order valence-corrected chi connectivity index (χ3v) is 8.18. The molecular formula is C29H22ClN3O4S. The van der Waals surface area contributed by atoms with E-state index in [1.165, 1.54) is 35.1 Å². The van der Waals surface area contributed by atoms with Gasteiger partial charge in [0.05, 0.1) is 27.8 Å². The molecule has 0 amide bonds. The molecule has 0 bridgehead atoms. The highest BCUT2D eigenvalue weighted by Crippen LogP contribution is 2.41. The van der Waals surface area contributed by atoms with Crippen LogP contribution in [0.5, 0.6) is 5.75 Å². The van der Waals surface area contributed by atoms with E-state index in [0.29, 0.717) is 26.5 Å². The Bertz CT molecular complexity index is 1800. The quantitative estimate of drug-likeness (QED) is 0.253. The van der Waals surface area contributed by atoms with Crippen molar-refractivity contribution in [1.29, 1.82) is 0 Å². The van der Waals surface area contributed by atoms with Crippen LogP contribution >= 0.6 is 22.9 Å². The molecule has 0 saturated carbocycles. The van der Waals surface area contributed by atoms with Gasteiger partial charge in [0.2, 0.25) is 0 Å². The van der Waals surface area contributed by atoms with Crippen LogP contribution in [-0.2, 0) is 6.42 Å². The fraction of sp³-hybridized carbons (Fsp3) is 0.172. The molecule has 0 N–H and O–H groups in total. The van der Waals surface area contributed by atoms with Gasteiger partial charge in [0.15, 0.2) is 4.80 Å². The maximum atomic E-state index is 13.9. The number of nitrogens with zero attached hydrogens (tertiary/aromatic N) is 3. The van der Waals surface area contributed by atoms with Crippen LogP contribution in [0, 0.1) is 10.1 Å². The zero-order chi connectivity index (χ0) is 26.4. The summed E-state index contributed by atoms with van der Waals surface area (Å²) in [6, 6.07) is 20.0. The smallest absolute Gasteiger partial charge is 0.271 e. The number of halogens is 1. The maximum absolute atomic E-state index is 13.9. The minimum Gasteiger partial charge on any atom is -0.494 e. The number of non-ortho nitro benzene ring substituents is 1. The van der Waals surface area contributed by atoms with Crippen molar-refractivity contribution in [2.75, 3.05) is 6.61 Å². The van der Waals surface area contributed by atoms with Crippen LogP contribution in [-0.4, -0.2) is 16.1 Å². The predicted molar refractivity (Wildman–Crippen MR) is 148 cm³/mol. The van der Waals surface area contributed by atoms with E-state index in [9.17, 15) is 14.9 Å². The Hall–Kier alpha value is -4.01. The molecule has 1 atom stereocenters. The van der Waals surface area contributed by atoms with Crippen molar-refractivity contribution in [1.82, 2.24) is 4.57 Å².